The number of hydrogen-bond acceptors (Lipinski definition) is 5. The number of nitrogens with zero attached hydrogens (tertiary/aromatic N) is 3. The quantitative estimate of drug-likeness (QED) is 0.863. The highest BCUT2D eigenvalue weighted by molar-refractivity contribution is 8.00. The maximum Gasteiger partial charge on any atom is 0.200 e. The van der Waals surface area contributed by atoms with Crippen LogP contribution in [0.5, 0.6) is 0 Å². The van der Waals surface area contributed by atoms with Crippen LogP contribution < -0.4 is 0 Å². The molecule has 19 heavy (non-hydrogen) atoms. The fourth-order valence-electron chi connectivity index (χ4n) is 2.24. The molecule has 6 heteroatoms. The second-order valence-corrected chi connectivity index (χ2v) is 5.83. The number of Topliss-reactive ketones (excluding diaryl/α,β-unsaturated/α-hetero) is 1. The van der Waals surface area contributed by atoms with Gasteiger partial charge in [0, 0.05) is 13.5 Å². The van der Waals surface area contributed by atoms with Gasteiger partial charge >= 0.3 is 0 Å². The smallest absolute Gasteiger partial charge is 0.200 e. The zero-order valence-electron chi connectivity index (χ0n) is 10.7. The Morgan fingerprint density at radius 1 is 1.42 bits per heavy atom. The number of aromatic nitrogens is 3. The van der Waals surface area contributed by atoms with Crippen LogP contribution in [0, 0.1) is 0 Å². The van der Waals surface area contributed by atoms with Gasteiger partial charge in [0.2, 0.25) is 0 Å². The molecule has 1 fully saturated rings. The van der Waals surface area contributed by atoms with Gasteiger partial charge in [0.1, 0.15) is 5.78 Å². The number of hydrogen-bond donors (Lipinski definition) is 0. The zero-order chi connectivity index (χ0) is 13.2. The molecule has 0 aliphatic heterocycles. The lowest BCUT2D eigenvalue weighted by atomic mass is 9.99. The molecule has 0 radical (unpaired) electrons. The minimum Gasteiger partial charge on any atom is -0.461 e. The van der Waals surface area contributed by atoms with Crippen LogP contribution in [0.4, 0.5) is 0 Å². The number of thioether (sulfide) groups is 1. The van der Waals surface area contributed by atoms with Crippen LogP contribution >= 0.6 is 11.8 Å². The van der Waals surface area contributed by atoms with E-state index in [2.05, 4.69) is 10.2 Å². The molecule has 100 valence electrons. The SMILES string of the molecule is Cn1c(SC2CCCCC2=O)nnc1-c1ccco1. The fraction of sp³-hybridized carbons (Fsp3) is 0.462. The first-order valence-electron chi connectivity index (χ1n) is 6.38. The lowest BCUT2D eigenvalue weighted by Crippen LogP contribution is -2.21. The first kappa shape index (κ1) is 12.5. The predicted octanol–water partition coefficient (Wildman–Crippen LogP) is 2.68. The summed E-state index contributed by atoms with van der Waals surface area (Å²) in [4.78, 5) is 11.8. The van der Waals surface area contributed by atoms with Crippen molar-refractivity contribution >= 4 is 17.5 Å². The van der Waals surface area contributed by atoms with Crippen LogP contribution in [0.15, 0.2) is 28.0 Å². The average molecular weight is 277 g/mol. The van der Waals surface area contributed by atoms with E-state index in [1.54, 1.807) is 6.26 Å². The van der Waals surface area contributed by atoms with Crippen molar-refractivity contribution in [3.8, 4) is 11.6 Å². The summed E-state index contributed by atoms with van der Waals surface area (Å²) in [5.74, 6) is 1.71. The Hall–Kier alpha value is -1.56. The second kappa shape index (κ2) is 5.21. The highest BCUT2D eigenvalue weighted by Gasteiger charge is 2.25. The lowest BCUT2D eigenvalue weighted by molar-refractivity contribution is -0.119. The molecule has 1 atom stereocenters. The molecule has 1 saturated carbocycles. The standard InChI is InChI=1S/C13H15N3O2S/c1-16-12(10-6-4-8-18-10)14-15-13(16)19-11-7-3-2-5-9(11)17/h4,6,8,11H,2-3,5,7H2,1H3. The van der Waals surface area contributed by atoms with Crippen molar-refractivity contribution in [1.82, 2.24) is 14.8 Å². The molecule has 1 unspecified atom stereocenters. The molecule has 0 bridgehead atoms. The van der Waals surface area contributed by atoms with Gasteiger partial charge in [-0.2, -0.15) is 0 Å². The Morgan fingerprint density at radius 3 is 3.05 bits per heavy atom. The molecule has 2 aromatic rings. The summed E-state index contributed by atoms with van der Waals surface area (Å²) in [7, 11) is 1.90. The third kappa shape index (κ3) is 2.45. The lowest BCUT2D eigenvalue weighted by Gasteiger charge is -2.18. The molecule has 0 saturated heterocycles. The number of ketones is 1. The van der Waals surface area contributed by atoms with Crippen LogP contribution in [0.3, 0.4) is 0 Å². The molecule has 0 spiro atoms. The molecule has 1 aliphatic rings. The van der Waals surface area contributed by atoms with Crippen LogP contribution in [-0.2, 0) is 11.8 Å². The van der Waals surface area contributed by atoms with Crippen LogP contribution in [0.1, 0.15) is 25.7 Å². The number of furan rings is 1. The summed E-state index contributed by atoms with van der Waals surface area (Å²) in [5, 5.41) is 9.10. The third-order valence-electron chi connectivity index (χ3n) is 3.32. The Kier molecular flexibility index (Phi) is 3.42. The maximum absolute atomic E-state index is 11.8. The van der Waals surface area contributed by atoms with Gasteiger partial charge in [0.05, 0.1) is 11.5 Å². The topological polar surface area (TPSA) is 60.9 Å². The molecule has 1 aliphatic carbocycles. The van der Waals surface area contributed by atoms with Crippen molar-refractivity contribution in [2.45, 2.75) is 36.1 Å². The second-order valence-electron chi connectivity index (χ2n) is 4.66. The van der Waals surface area contributed by atoms with Crippen LogP contribution in [0.25, 0.3) is 11.6 Å². The van der Waals surface area contributed by atoms with Gasteiger partial charge < -0.3 is 8.98 Å². The Bertz CT molecular complexity index is 577. The summed E-state index contributed by atoms with van der Waals surface area (Å²) >= 11 is 1.52. The molecular weight excluding hydrogens is 262 g/mol. The van der Waals surface area contributed by atoms with Gasteiger partial charge in [-0.15, -0.1) is 10.2 Å². The molecular formula is C13H15N3O2S. The summed E-state index contributed by atoms with van der Waals surface area (Å²) < 4.78 is 7.21. The van der Waals surface area contributed by atoms with E-state index in [1.807, 2.05) is 23.7 Å². The molecule has 2 aromatic heterocycles. The molecule has 0 N–H and O–H groups in total. The summed E-state index contributed by atoms with van der Waals surface area (Å²) in [6.45, 7) is 0. The number of carbonyl (C=O) groups is 1. The van der Waals surface area contributed by atoms with Crippen molar-refractivity contribution in [2.75, 3.05) is 0 Å². The highest BCUT2D eigenvalue weighted by atomic mass is 32.2. The van der Waals surface area contributed by atoms with E-state index in [-0.39, 0.29) is 5.25 Å². The van der Waals surface area contributed by atoms with Gasteiger partial charge in [0.15, 0.2) is 16.7 Å². The van der Waals surface area contributed by atoms with E-state index in [1.165, 1.54) is 11.8 Å². The number of carbonyl (C=O) groups excluding carboxylic acids is 1. The maximum atomic E-state index is 11.8. The van der Waals surface area contributed by atoms with E-state index in [0.29, 0.717) is 23.8 Å². The van der Waals surface area contributed by atoms with Gasteiger partial charge in [-0.25, -0.2) is 0 Å². The monoisotopic (exact) mass is 277 g/mol. The zero-order valence-corrected chi connectivity index (χ0v) is 11.5. The molecule has 0 amide bonds. The first-order valence-corrected chi connectivity index (χ1v) is 7.26. The van der Waals surface area contributed by atoms with Gasteiger partial charge in [-0.3, -0.25) is 4.79 Å². The van der Waals surface area contributed by atoms with Crippen molar-refractivity contribution in [1.29, 1.82) is 0 Å². The largest absolute Gasteiger partial charge is 0.461 e. The fourth-order valence-corrected chi connectivity index (χ4v) is 3.36. The predicted molar refractivity (Wildman–Crippen MR) is 71.8 cm³/mol. The van der Waals surface area contributed by atoms with Crippen molar-refractivity contribution in [3.05, 3.63) is 18.4 Å². The third-order valence-corrected chi connectivity index (χ3v) is 4.67. The van der Waals surface area contributed by atoms with Gasteiger partial charge in [-0.05, 0) is 25.0 Å². The van der Waals surface area contributed by atoms with E-state index in [9.17, 15) is 4.79 Å². The van der Waals surface area contributed by atoms with Crippen molar-refractivity contribution < 1.29 is 9.21 Å². The van der Waals surface area contributed by atoms with Crippen LogP contribution in [0.2, 0.25) is 0 Å². The highest BCUT2D eigenvalue weighted by Crippen LogP contribution is 2.31. The molecule has 0 aromatic carbocycles. The molecule has 5 nitrogen and oxygen atoms in total. The normalized spacial score (nSPS) is 19.8. The van der Waals surface area contributed by atoms with Crippen molar-refractivity contribution in [2.24, 2.45) is 7.05 Å². The molecule has 3 rings (SSSR count). The molecule has 2 heterocycles. The Morgan fingerprint density at radius 2 is 2.32 bits per heavy atom. The van der Waals surface area contributed by atoms with Gasteiger partial charge in [-0.1, -0.05) is 18.2 Å². The minimum absolute atomic E-state index is 0.0288. The first-order chi connectivity index (χ1) is 9.25. The van der Waals surface area contributed by atoms with E-state index in [4.69, 9.17) is 4.42 Å². The summed E-state index contributed by atoms with van der Waals surface area (Å²) in [6.07, 6.45) is 5.38. The summed E-state index contributed by atoms with van der Waals surface area (Å²) in [5.41, 5.74) is 0. The van der Waals surface area contributed by atoms with Crippen molar-refractivity contribution in [3.63, 3.8) is 0 Å². The van der Waals surface area contributed by atoms with E-state index >= 15 is 0 Å². The van der Waals surface area contributed by atoms with E-state index in [0.717, 1.165) is 24.4 Å². The average Bonchev–Trinajstić information content (AvgIpc) is 3.03. The van der Waals surface area contributed by atoms with E-state index < -0.39 is 0 Å². The Labute approximate surface area is 115 Å². The Balaban J connectivity index is 1.80. The van der Waals surface area contributed by atoms with Crippen LogP contribution in [-0.4, -0.2) is 25.8 Å². The van der Waals surface area contributed by atoms with Gasteiger partial charge in [0.25, 0.3) is 0 Å². The minimum atomic E-state index is 0.0288. The summed E-state index contributed by atoms with van der Waals surface area (Å²) in [6, 6.07) is 3.67. The number of rotatable bonds is 3.